The highest BCUT2D eigenvalue weighted by atomic mass is 79.9. The number of aromatic nitrogens is 2. The lowest BCUT2D eigenvalue weighted by atomic mass is 10.0. The zero-order valence-corrected chi connectivity index (χ0v) is 25.3. The highest BCUT2D eigenvalue weighted by Gasteiger charge is 2.24. The van der Waals surface area contributed by atoms with Gasteiger partial charge in [0.1, 0.15) is 21.9 Å². The molecule has 0 saturated carbocycles. The second kappa shape index (κ2) is 11.9. The van der Waals surface area contributed by atoms with E-state index in [1.54, 1.807) is 6.92 Å². The second-order valence-electron chi connectivity index (χ2n) is 9.11. The number of carbonyl (C=O) groups is 2. The summed E-state index contributed by atoms with van der Waals surface area (Å²) in [4.78, 5) is 46.0. The predicted octanol–water partition coefficient (Wildman–Crippen LogP) is 7.30. The van der Waals surface area contributed by atoms with Crippen LogP contribution in [0.15, 0.2) is 69.5 Å². The quantitative estimate of drug-likeness (QED) is 0.181. The molecule has 10 heteroatoms. The Labute approximate surface area is 247 Å². The fourth-order valence-electron chi connectivity index (χ4n) is 4.48. The maximum absolute atomic E-state index is 13.7. The Morgan fingerprint density at radius 1 is 1.05 bits per heavy atom. The van der Waals surface area contributed by atoms with Gasteiger partial charge in [0.05, 0.1) is 18.3 Å². The molecule has 0 unspecified atom stereocenters. The van der Waals surface area contributed by atoms with E-state index in [9.17, 15) is 14.4 Å². The highest BCUT2D eigenvalue weighted by Crippen LogP contribution is 2.38. The van der Waals surface area contributed by atoms with Gasteiger partial charge in [0.15, 0.2) is 0 Å². The van der Waals surface area contributed by atoms with Crippen molar-refractivity contribution in [3.8, 4) is 22.3 Å². The van der Waals surface area contributed by atoms with Crippen LogP contribution in [-0.2, 0) is 22.5 Å². The molecule has 5 aromatic rings. The summed E-state index contributed by atoms with van der Waals surface area (Å²) in [6.45, 7) is 5.73. The van der Waals surface area contributed by atoms with Crippen LogP contribution in [0.4, 0.5) is 5.00 Å². The minimum atomic E-state index is -0.514. The maximum atomic E-state index is 13.7. The van der Waals surface area contributed by atoms with Crippen molar-refractivity contribution < 1.29 is 14.3 Å². The molecule has 0 spiro atoms. The van der Waals surface area contributed by atoms with E-state index >= 15 is 0 Å². The molecule has 0 fully saturated rings. The number of ether oxygens (including phenoxy) is 1. The van der Waals surface area contributed by atoms with Crippen LogP contribution in [0, 0.1) is 6.92 Å². The van der Waals surface area contributed by atoms with Gasteiger partial charge in [-0.1, -0.05) is 64.8 Å². The first kappa shape index (κ1) is 27.9. The zero-order chi connectivity index (χ0) is 28.4. The Hall–Kier alpha value is -3.60. The number of anilines is 1. The second-order valence-corrected chi connectivity index (χ2v) is 12.0. The number of amides is 1. The lowest BCUT2D eigenvalue weighted by molar-refractivity contribution is -0.116. The normalized spacial score (nSPS) is 11.1. The van der Waals surface area contributed by atoms with Gasteiger partial charge in [-0.2, -0.15) is 0 Å². The van der Waals surface area contributed by atoms with Crippen molar-refractivity contribution in [2.75, 3.05) is 11.9 Å². The topological polar surface area (TPSA) is 90.3 Å². The van der Waals surface area contributed by atoms with Crippen LogP contribution in [0.25, 0.3) is 32.5 Å². The Morgan fingerprint density at radius 3 is 2.42 bits per heavy atom. The third-order valence-electron chi connectivity index (χ3n) is 6.41. The molecule has 2 aromatic carbocycles. The summed E-state index contributed by atoms with van der Waals surface area (Å²) in [5.74, 6) is -0.957. The van der Waals surface area contributed by atoms with Crippen LogP contribution in [0.5, 0.6) is 0 Å². The molecule has 0 atom stereocenters. The fraction of sp³-hybridized carbons (Fsp3) is 0.200. The van der Waals surface area contributed by atoms with Crippen LogP contribution in [0.3, 0.4) is 0 Å². The number of rotatable bonds is 8. The number of carbonyl (C=O) groups excluding carboxylic acids is 2. The van der Waals surface area contributed by atoms with Crippen molar-refractivity contribution in [1.82, 2.24) is 9.55 Å². The number of esters is 1. The van der Waals surface area contributed by atoms with E-state index in [1.807, 2.05) is 67.8 Å². The number of thiophene rings is 2. The van der Waals surface area contributed by atoms with Gasteiger partial charge < -0.3 is 10.1 Å². The molecule has 0 aliphatic rings. The molecule has 1 N–H and O–H groups in total. The number of hydrogen-bond acceptors (Lipinski definition) is 7. The number of nitrogens with zero attached hydrogens (tertiary/aromatic N) is 2. The number of benzene rings is 2. The molecular formula is C30H26BrN3O4S2. The van der Waals surface area contributed by atoms with Gasteiger partial charge in [-0.15, -0.1) is 22.7 Å². The molecule has 0 aliphatic carbocycles. The van der Waals surface area contributed by atoms with Crippen molar-refractivity contribution in [1.29, 1.82) is 0 Å². The lowest BCUT2D eigenvalue weighted by Crippen LogP contribution is -2.28. The number of hydrogen-bond donors (Lipinski definition) is 1. The van der Waals surface area contributed by atoms with Gasteiger partial charge in [-0.25, -0.2) is 9.78 Å². The Morgan fingerprint density at radius 2 is 1.75 bits per heavy atom. The van der Waals surface area contributed by atoms with Crippen LogP contribution < -0.4 is 10.9 Å². The Balaban J connectivity index is 1.48. The summed E-state index contributed by atoms with van der Waals surface area (Å²) in [5.41, 5.74) is 4.42. The largest absolute Gasteiger partial charge is 0.462 e. The van der Waals surface area contributed by atoms with E-state index in [4.69, 9.17) is 4.74 Å². The molecule has 0 radical (unpaired) electrons. The van der Waals surface area contributed by atoms with E-state index in [0.717, 1.165) is 38.0 Å². The first-order valence-electron chi connectivity index (χ1n) is 12.7. The molecule has 40 heavy (non-hydrogen) atoms. The van der Waals surface area contributed by atoms with Crippen molar-refractivity contribution >= 4 is 65.7 Å². The van der Waals surface area contributed by atoms with E-state index < -0.39 is 11.9 Å². The number of nitrogens with one attached hydrogen (secondary N) is 1. The summed E-state index contributed by atoms with van der Waals surface area (Å²) in [6.07, 6.45) is 2.16. The first-order chi connectivity index (χ1) is 19.3. The van der Waals surface area contributed by atoms with E-state index in [0.29, 0.717) is 26.3 Å². The average molecular weight is 637 g/mol. The number of fused-ring (bicyclic) bond motifs is 1. The standard InChI is InChI=1S/C30H26BrN3O4S2/c1-4-22-24(19-10-12-20(31)13-11-19)26-27(40-22)32-16-34(29(26)36)14-23(35)33-28-25(30(37)38-5-2)21(15-39-28)18-8-6-17(3)7-9-18/h6-13,15-16H,4-5,14H2,1-3H3,(H,33,35). The van der Waals surface area contributed by atoms with Crippen LogP contribution in [0.1, 0.15) is 34.6 Å². The van der Waals surface area contributed by atoms with E-state index in [-0.39, 0.29) is 18.7 Å². The Kier molecular flexibility index (Phi) is 8.30. The Bertz CT molecular complexity index is 1770. The van der Waals surface area contributed by atoms with Gasteiger partial charge in [0.25, 0.3) is 5.56 Å². The third-order valence-corrected chi connectivity index (χ3v) is 9.07. The van der Waals surface area contributed by atoms with Crippen molar-refractivity contribution in [2.45, 2.75) is 33.7 Å². The SMILES string of the molecule is CCOC(=O)c1c(-c2ccc(C)cc2)csc1NC(=O)Cn1cnc2sc(CC)c(-c3ccc(Br)cc3)c2c1=O. The van der Waals surface area contributed by atoms with Crippen LogP contribution in [0.2, 0.25) is 0 Å². The van der Waals surface area contributed by atoms with Crippen molar-refractivity contribution in [3.05, 3.63) is 91.1 Å². The lowest BCUT2D eigenvalue weighted by Gasteiger charge is -2.10. The zero-order valence-electron chi connectivity index (χ0n) is 22.1. The number of aryl methyl sites for hydroxylation is 2. The minimum Gasteiger partial charge on any atom is -0.462 e. The van der Waals surface area contributed by atoms with E-state index in [2.05, 4.69) is 26.2 Å². The smallest absolute Gasteiger partial charge is 0.341 e. The predicted molar refractivity (Wildman–Crippen MR) is 165 cm³/mol. The van der Waals surface area contributed by atoms with Gasteiger partial charge in [0, 0.05) is 25.9 Å². The summed E-state index contributed by atoms with van der Waals surface area (Å²) >= 11 is 6.20. The van der Waals surface area contributed by atoms with Gasteiger partial charge in [-0.3, -0.25) is 14.2 Å². The first-order valence-corrected chi connectivity index (χ1v) is 15.2. The highest BCUT2D eigenvalue weighted by molar-refractivity contribution is 9.10. The summed E-state index contributed by atoms with van der Waals surface area (Å²) in [7, 11) is 0. The minimum absolute atomic E-state index is 0.206. The molecule has 3 heterocycles. The summed E-state index contributed by atoms with van der Waals surface area (Å²) in [6, 6.07) is 15.6. The molecule has 0 saturated heterocycles. The summed E-state index contributed by atoms with van der Waals surface area (Å²) < 4.78 is 7.56. The number of halogens is 1. The van der Waals surface area contributed by atoms with Crippen LogP contribution >= 0.6 is 38.6 Å². The molecule has 3 aromatic heterocycles. The molecule has 204 valence electrons. The molecule has 0 bridgehead atoms. The molecule has 1 amide bonds. The molecule has 5 rings (SSSR count). The van der Waals surface area contributed by atoms with Crippen LogP contribution in [-0.4, -0.2) is 28.0 Å². The van der Waals surface area contributed by atoms with Crippen molar-refractivity contribution in [2.24, 2.45) is 0 Å². The monoisotopic (exact) mass is 635 g/mol. The van der Waals surface area contributed by atoms with E-state index in [1.165, 1.54) is 33.6 Å². The van der Waals surface area contributed by atoms with Gasteiger partial charge in [0.2, 0.25) is 5.91 Å². The van der Waals surface area contributed by atoms with Gasteiger partial charge in [-0.05, 0) is 43.5 Å². The molecular weight excluding hydrogens is 610 g/mol. The third kappa shape index (κ3) is 5.52. The fourth-order valence-corrected chi connectivity index (χ4v) is 6.81. The average Bonchev–Trinajstić information content (AvgIpc) is 3.53. The summed E-state index contributed by atoms with van der Waals surface area (Å²) in [5, 5.41) is 5.54. The van der Waals surface area contributed by atoms with Crippen molar-refractivity contribution in [3.63, 3.8) is 0 Å². The molecule has 0 aliphatic heterocycles. The van der Waals surface area contributed by atoms with Gasteiger partial charge >= 0.3 is 5.97 Å². The molecule has 7 nitrogen and oxygen atoms in total. The maximum Gasteiger partial charge on any atom is 0.341 e.